The van der Waals surface area contributed by atoms with E-state index in [-0.39, 0.29) is 18.8 Å². The van der Waals surface area contributed by atoms with Gasteiger partial charge in [0.05, 0.1) is 31.1 Å². The Morgan fingerprint density at radius 3 is 3.00 bits per heavy atom. The van der Waals surface area contributed by atoms with Gasteiger partial charge in [-0.1, -0.05) is 23.9 Å². The fraction of sp³-hybridized carbons (Fsp3) is 0.733. The summed E-state index contributed by atoms with van der Waals surface area (Å²) in [7, 11) is 0. The standard InChI is InChI=1S/C15H23N5O2S/c1-3-8-23-15-16-10(2)13-14(17-15)20(19-18-13)11-4-5-12(9-11)22-7-6-21/h11-12,21H,3-9H2,1-2H3/t11-,12+/m0/s1. The summed E-state index contributed by atoms with van der Waals surface area (Å²) in [6.07, 6.45) is 4.14. The summed E-state index contributed by atoms with van der Waals surface area (Å²) in [5, 5.41) is 18.3. The van der Waals surface area contributed by atoms with Crippen molar-refractivity contribution in [1.29, 1.82) is 0 Å². The summed E-state index contributed by atoms with van der Waals surface area (Å²) in [5.41, 5.74) is 2.49. The number of nitrogens with zero attached hydrogens (tertiary/aromatic N) is 5. The van der Waals surface area contributed by atoms with Gasteiger partial charge in [-0.25, -0.2) is 14.6 Å². The third-order valence-electron chi connectivity index (χ3n) is 4.06. The highest BCUT2D eigenvalue weighted by Crippen LogP contribution is 2.33. The van der Waals surface area contributed by atoms with Gasteiger partial charge in [0.15, 0.2) is 16.3 Å². The Labute approximate surface area is 139 Å². The van der Waals surface area contributed by atoms with E-state index in [1.54, 1.807) is 11.8 Å². The zero-order chi connectivity index (χ0) is 16.2. The van der Waals surface area contributed by atoms with Crippen LogP contribution < -0.4 is 0 Å². The van der Waals surface area contributed by atoms with Crippen molar-refractivity contribution in [2.45, 2.75) is 56.8 Å². The van der Waals surface area contributed by atoms with Gasteiger partial charge in [0.2, 0.25) is 0 Å². The van der Waals surface area contributed by atoms with E-state index in [0.717, 1.165) is 53.5 Å². The minimum atomic E-state index is 0.0673. The molecule has 2 aromatic heterocycles. The molecule has 23 heavy (non-hydrogen) atoms. The lowest BCUT2D eigenvalue weighted by atomic mass is 10.2. The molecule has 1 N–H and O–H groups in total. The molecule has 1 fully saturated rings. The predicted octanol–water partition coefficient (Wildman–Crippen LogP) is 2.13. The van der Waals surface area contributed by atoms with Gasteiger partial charge in [-0.2, -0.15) is 0 Å². The number of hydrogen-bond acceptors (Lipinski definition) is 7. The molecule has 0 amide bonds. The Morgan fingerprint density at radius 2 is 2.22 bits per heavy atom. The van der Waals surface area contributed by atoms with Crippen LogP contribution in [0.2, 0.25) is 0 Å². The van der Waals surface area contributed by atoms with Gasteiger partial charge in [0.1, 0.15) is 0 Å². The zero-order valence-corrected chi connectivity index (χ0v) is 14.4. The van der Waals surface area contributed by atoms with Crippen LogP contribution in [0.3, 0.4) is 0 Å². The van der Waals surface area contributed by atoms with Gasteiger partial charge in [0, 0.05) is 5.75 Å². The normalized spacial score (nSPS) is 21.3. The molecule has 0 aliphatic heterocycles. The number of aromatic nitrogens is 5. The minimum Gasteiger partial charge on any atom is -0.394 e. The molecule has 0 radical (unpaired) electrons. The molecular weight excluding hydrogens is 314 g/mol. The molecule has 0 aromatic carbocycles. The van der Waals surface area contributed by atoms with Crippen molar-refractivity contribution >= 4 is 22.9 Å². The number of ether oxygens (including phenoxy) is 1. The second-order valence-electron chi connectivity index (χ2n) is 5.83. The van der Waals surface area contributed by atoms with E-state index in [1.807, 2.05) is 11.6 Å². The van der Waals surface area contributed by atoms with E-state index in [1.165, 1.54) is 0 Å². The van der Waals surface area contributed by atoms with Crippen LogP contribution in [0.25, 0.3) is 11.2 Å². The number of fused-ring (bicyclic) bond motifs is 1. The van der Waals surface area contributed by atoms with E-state index < -0.39 is 0 Å². The SMILES string of the molecule is CCCSc1nc(C)c2nnn([C@H]3CC[C@@H](OCCO)C3)c2n1. The van der Waals surface area contributed by atoms with Crippen molar-refractivity contribution < 1.29 is 9.84 Å². The minimum absolute atomic E-state index is 0.0673. The maximum atomic E-state index is 8.88. The van der Waals surface area contributed by atoms with Crippen molar-refractivity contribution in [3.8, 4) is 0 Å². The third kappa shape index (κ3) is 3.64. The maximum Gasteiger partial charge on any atom is 0.189 e. The van der Waals surface area contributed by atoms with Gasteiger partial charge in [-0.15, -0.1) is 5.10 Å². The Hall–Kier alpha value is -1.25. The highest BCUT2D eigenvalue weighted by Gasteiger charge is 2.29. The summed E-state index contributed by atoms with van der Waals surface area (Å²) in [6, 6.07) is 0.252. The third-order valence-corrected chi connectivity index (χ3v) is 5.11. The molecule has 0 spiro atoms. The summed E-state index contributed by atoms with van der Waals surface area (Å²) < 4.78 is 7.58. The van der Waals surface area contributed by atoms with Crippen LogP contribution in [0.4, 0.5) is 0 Å². The zero-order valence-electron chi connectivity index (χ0n) is 13.6. The van der Waals surface area contributed by atoms with Gasteiger partial charge in [-0.05, 0) is 32.6 Å². The van der Waals surface area contributed by atoms with Crippen molar-refractivity contribution in [2.75, 3.05) is 19.0 Å². The topological polar surface area (TPSA) is 86.0 Å². The average Bonchev–Trinajstić information content (AvgIpc) is 3.17. The van der Waals surface area contributed by atoms with E-state index >= 15 is 0 Å². The second kappa shape index (κ2) is 7.55. The van der Waals surface area contributed by atoms with Crippen molar-refractivity contribution in [1.82, 2.24) is 25.0 Å². The van der Waals surface area contributed by atoms with E-state index in [9.17, 15) is 0 Å². The Balaban J connectivity index is 1.82. The second-order valence-corrected chi connectivity index (χ2v) is 6.89. The maximum absolute atomic E-state index is 8.88. The van der Waals surface area contributed by atoms with Crippen LogP contribution in [-0.4, -0.2) is 55.1 Å². The first-order chi connectivity index (χ1) is 11.2. The van der Waals surface area contributed by atoms with Gasteiger partial charge >= 0.3 is 0 Å². The molecule has 0 unspecified atom stereocenters. The van der Waals surface area contributed by atoms with E-state index in [0.29, 0.717) is 6.61 Å². The molecule has 2 atom stereocenters. The summed E-state index contributed by atoms with van der Waals surface area (Å²) in [4.78, 5) is 9.19. The van der Waals surface area contributed by atoms with Crippen LogP contribution in [0.5, 0.6) is 0 Å². The number of aryl methyl sites for hydroxylation is 1. The van der Waals surface area contributed by atoms with Crippen LogP contribution >= 0.6 is 11.8 Å². The summed E-state index contributed by atoms with van der Waals surface area (Å²) in [6.45, 7) is 4.57. The monoisotopic (exact) mass is 337 g/mol. The number of aliphatic hydroxyl groups excluding tert-OH is 1. The molecule has 2 heterocycles. The molecule has 126 valence electrons. The average molecular weight is 337 g/mol. The van der Waals surface area contributed by atoms with Crippen LogP contribution in [0, 0.1) is 6.92 Å². The van der Waals surface area contributed by atoms with Crippen molar-refractivity contribution in [3.63, 3.8) is 0 Å². The lowest BCUT2D eigenvalue weighted by molar-refractivity contribution is 0.0309. The quantitative estimate of drug-likeness (QED) is 0.612. The molecular formula is C15H23N5O2S. The first-order valence-corrected chi connectivity index (χ1v) is 9.16. The highest BCUT2D eigenvalue weighted by atomic mass is 32.2. The lowest BCUT2D eigenvalue weighted by Gasteiger charge is -2.12. The fourth-order valence-corrected chi connectivity index (χ4v) is 3.69. The first kappa shape index (κ1) is 16.6. The molecule has 7 nitrogen and oxygen atoms in total. The Morgan fingerprint density at radius 1 is 1.35 bits per heavy atom. The fourth-order valence-electron chi connectivity index (χ4n) is 2.95. The van der Waals surface area contributed by atoms with Crippen LogP contribution in [0.15, 0.2) is 5.16 Å². The molecule has 0 bridgehead atoms. The van der Waals surface area contributed by atoms with Gasteiger partial charge in [-0.3, -0.25) is 0 Å². The predicted molar refractivity (Wildman–Crippen MR) is 88.6 cm³/mol. The molecule has 1 aliphatic carbocycles. The van der Waals surface area contributed by atoms with Gasteiger partial charge in [0.25, 0.3) is 0 Å². The van der Waals surface area contributed by atoms with Crippen LogP contribution in [0.1, 0.15) is 44.3 Å². The molecule has 2 aromatic rings. The largest absolute Gasteiger partial charge is 0.394 e. The van der Waals surface area contributed by atoms with Crippen LogP contribution in [-0.2, 0) is 4.74 Å². The molecule has 8 heteroatoms. The highest BCUT2D eigenvalue weighted by molar-refractivity contribution is 7.99. The number of thioether (sulfide) groups is 1. The number of hydrogen-bond donors (Lipinski definition) is 1. The molecule has 3 rings (SSSR count). The first-order valence-electron chi connectivity index (χ1n) is 8.17. The number of rotatable bonds is 7. The van der Waals surface area contributed by atoms with Crippen molar-refractivity contribution in [2.24, 2.45) is 0 Å². The molecule has 1 saturated carbocycles. The summed E-state index contributed by atoms with van der Waals surface area (Å²) >= 11 is 1.67. The van der Waals surface area contributed by atoms with Gasteiger partial charge < -0.3 is 9.84 Å². The van der Waals surface area contributed by atoms with E-state index in [4.69, 9.17) is 9.84 Å². The molecule has 1 aliphatic rings. The smallest absolute Gasteiger partial charge is 0.189 e. The van der Waals surface area contributed by atoms with E-state index in [2.05, 4.69) is 27.2 Å². The Bertz CT molecular complexity index is 663. The number of aliphatic hydroxyl groups is 1. The lowest BCUT2D eigenvalue weighted by Crippen LogP contribution is -2.14. The summed E-state index contributed by atoms with van der Waals surface area (Å²) in [5.74, 6) is 1.01. The Kier molecular flexibility index (Phi) is 5.45. The van der Waals surface area contributed by atoms with Crippen molar-refractivity contribution in [3.05, 3.63) is 5.69 Å². The molecule has 0 saturated heterocycles.